The van der Waals surface area contributed by atoms with Gasteiger partial charge in [0, 0.05) is 5.22 Å². The Morgan fingerprint density at radius 3 is 2.89 bits per heavy atom. The maximum Gasteiger partial charge on any atom is 0.326 e. The smallest absolute Gasteiger partial charge is 0.326 e. The fourth-order valence-corrected chi connectivity index (χ4v) is 2.60. The molecule has 4 rings (SSSR count). The summed E-state index contributed by atoms with van der Waals surface area (Å²) in [6.45, 7) is 1.90. The van der Waals surface area contributed by atoms with Crippen molar-refractivity contribution in [1.82, 2.24) is 29.5 Å². The molecule has 1 aliphatic rings. The zero-order valence-electron chi connectivity index (χ0n) is 14.7. The van der Waals surface area contributed by atoms with Crippen molar-refractivity contribution < 1.29 is 10.2 Å². The monoisotopic (exact) mass is 372 g/mol. The van der Waals surface area contributed by atoms with Gasteiger partial charge in [0.05, 0.1) is 24.9 Å². The molecule has 3 heterocycles. The molecule has 1 aliphatic carbocycles. The largest absolute Gasteiger partial charge is 0.493 e. The van der Waals surface area contributed by atoms with Crippen molar-refractivity contribution in [1.29, 1.82) is 0 Å². The van der Waals surface area contributed by atoms with Crippen LogP contribution in [0.25, 0.3) is 11.7 Å². The number of hydrogen-bond donors (Lipinski definition) is 5. The van der Waals surface area contributed by atoms with E-state index in [1.165, 1.54) is 4.52 Å². The van der Waals surface area contributed by atoms with Crippen LogP contribution in [-0.2, 0) is 0 Å². The van der Waals surface area contributed by atoms with Gasteiger partial charge in [-0.05, 0) is 25.3 Å². The van der Waals surface area contributed by atoms with Gasteiger partial charge in [-0.1, -0.05) is 6.92 Å². The van der Waals surface area contributed by atoms with E-state index < -0.39 is 5.69 Å². The number of imidazole rings is 1. The van der Waals surface area contributed by atoms with Gasteiger partial charge in [-0.2, -0.15) is 19.6 Å². The predicted octanol–water partition coefficient (Wildman–Crippen LogP) is -1.36. The second-order valence-corrected chi connectivity index (χ2v) is 6.46. The predicted molar refractivity (Wildman–Crippen MR) is 96.0 cm³/mol. The number of aromatic hydroxyl groups is 1. The molecule has 142 valence electrons. The SMILES string of the molecule is CCC(CO)Nc1nc(=NC2CC2)n2nc/c(=C/c3[nH]c(=O)[nH]c3O)c2n1. The molecule has 0 saturated heterocycles. The molecule has 3 aromatic heterocycles. The van der Waals surface area contributed by atoms with E-state index in [1.54, 1.807) is 12.3 Å². The van der Waals surface area contributed by atoms with Gasteiger partial charge in [0.15, 0.2) is 5.65 Å². The second-order valence-electron chi connectivity index (χ2n) is 6.46. The molecular weight excluding hydrogens is 352 g/mol. The first-order valence-corrected chi connectivity index (χ1v) is 8.77. The third kappa shape index (κ3) is 3.53. The molecule has 0 spiro atoms. The Balaban J connectivity index is 1.89. The van der Waals surface area contributed by atoms with E-state index in [2.05, 4.69) is 35.3 Å². The van der Waals surface area contributed by atoms with Crippen LogP contribution in [0, 0.1) is 0 Å². The molecule has 1 fully saturated rings. The summed E-state index contributed by atoms with van der Waals surface area (Å²) in [5.41, 5.74) is 0.612. The highest BCUT2D eigenvalue weighted by molar-refractivity contribution is 5.57. The van der Waals surface area contributed by atoms with Gasteiger partial charge in [0.2, 0.25) is 11.8 Å². The summed E-state index contributed by atoms with van der Waals surface area (Å²) in [6, 6.07) is 0.0547. The summed E-state index contributed by atoms with van der Waals surface area (Å²) in [5, 5.41) is 27.2. The van der Waals surface area contributed by atoms with E-state index in [-0.39, 0.29) is 30.3 Å². The minimum absolute atomic E-state index is 0.0448. The van der Waals surface area contributed by atoms with E-state index in [0.717, 1.165) is 12.8 Å². The number of aliphatic hydroxyl groups is 1. The van der Waals surface area contributed by atoms with Crippen LogP contribution in [0.15, 0.2) is 16.0 Å². The molecule has 0 aliphatic heterocycles. The summed E-state index contributed by atoms with van der Waals surface area (Å²) in [7, 11) is 0. The van der Waals surface area contributed by atoms with E-state index >= 15 is 0 Å². The summed E-state index contributed by atoms with van der Waals surface area (Å²) in [5.74, 6) is 0.0747. The molecule has 0 bridgehead atoms. The van der Waals surface area contributed by atoms with Crippen molar-refractivity contribution in [3.05, 3.63) is 33.2 Å². The Bertz CT molecular complexity index is 1140. The number of rotatable bonds is 6. The van der Waals surface area contributed by atoms with Crippen LogP contribution in [0.5, 0.6) is 5.88 Å². The van der Waals surface area contributed by atoms with Gasteiger partial charge in [0.1, 0.15) is 5.69 Å². The third-order valence-corrected chi connectivity index (χ3v) is 4.30. The van der Waals surface area contributed by atoms with Crippen LogP contribution in [-0.4, -0.2) is 58.5 Å². The van der Waals surface area contributed by atoms with E-state index in [1.807, 2.05) is 6.92 Å². The van der Waals surface area contributed by atoms with Crippen LogP contribution in [0.3, 0.4) is 0 Å². The molecule has 3 aromatic rings. The van der Waals surface area contributed by atoms with Crippen molar-refractivity contribution in [2.24, 2.45) is 4.99 Å². The number of fused-ring (bicyclic) bond motifs is 1. The van der Waals surface area contributed by atoms with Crippen LogP contribution < -0.4 is 21.8 Å². The van der Waals surface area contributed by atoms with Crippen LogP contribution >= 0.6 is 0 Å². The normalized spacial score (nSPS) is 17.0. The molecule has 1 saturated carbocycles. The molecule has 1 unspecified atom stereocenters. The first-order chi connectivity index (χ1) is 13.1. The van der Waals surface area contributed by atoms with E-state index in [9.17, 15) is 15.0 Å². The quantitative estimate of drug-likeness (QED) is 0.358. The first-order valence-electron chi connectivity index (χ1n) is 8.77. The molecule has 11 heteroatoms. The fraction of sp³-hybridized carbons (Fsp3) is 0.438. The molecule has 0 radical (unpaired) electrons. The van der Waals surface area contributed by atoms with Crippen molar-refractivity contribution in [3.8, 4) is 5.88 Å². The van der Waals surface area contributed by atoms with Crippen molar-refractivity contribution in [2.45, 2.75) is 38.3 Å². The average Bonchev–Trinajstić information content (AvgIpc) is 3.28. The number of aliphatic hydroxyl groups excluding tert-OH is 1. The topological polar surface area (TPSA) is 157 Å². The zero-order valence-corrected chi connectivity index (χ0v) is 14.7. The van der Waals surface area contributed by atoms with E-state index in [0.29, 0.717) is 28.9 Å². The van der Waals surface area contributed by atoms with Crippen molar-refractivity contribution in [3.63, 3.8) is 0 Å². The number of hydrogen-bond acceptors (Lipinski definition) is 8. The van der Waals surface area contributed by atoms with Gasteiger partial charge in [-0.15, -0.1) is 0 Å². The minimum Gasteiger partial charge on any atom is -0.493 e. The molecule has 0 amide bonds. The van der Waals surface area contributed by atoms with Crippen LogP contribution in [0.1, 0.15) is 31.9 Å². The Kier molecular flexibility index (Phi) is 4.36. The lowest BCUT2D eigenvalue weighted by molar-refractivity contribution is 0.271. The number of aromatic nitrogens is 6. The lowest BCUT2D eigenvalue weighted by atomic mass is 10.2. The fourth-order valence-electron chi connectivity index (χ4n) is 2.60. The number of anilines is 1. The van der Waals surface area contributed by atoms with Gasteiger partial charge >= 0.3 is 5.69 Å². The molecule has 1 atom stereocenters. The van der Waals surface area contributed by atoms with Crippen molar-refractivity contribution >= 4 is 17.7 Å². The Labute approximate surface area is 152 Å². The molecule has 0 aromatic carbocycles. The number of H-pyrrole nitrogens is 2. The number of nitrogens with one attached hydrogen (secondary N) is 3. The van der Waals surface area contributed by atoms with Crippen molar-refractivity contribution in [2.75, 3.05) is 11.9 Å². The highest BCUT2D eigenvalue weighted by atomic mass is 16.3. The standard InChI is InChI=1S/C16H20N8O3/c1-2-9(7-25)18-14-21-12-8(5-11-13(26)22-16(27)20-11)6-17-24(12)15(23-14)19-10-3-4-10/h5-6,9-10,25-26H,2-4,7H2,1H3,(H,18,19,23)(H2,20,22,27)/b8-5-. The van der Waals surface area contributed by atoms with Gasteiger partial charge in [-0.3, -0.25) is 4.98 Å². The maximum atomic E-state index is 11.3. The average molecular weight is 372 g/mol. The van der Waals surface area contributed by atoms with Crippen LogP contribution in [0.4, 0.5) is 5.95 Å². The third-order valence-electron chi connectivity index (χ3n) is 4.30. The number of aromatic amines is 2. The summed E-state index contributed by atoms with van der Waals surface area (Å²) in [6.07, 6.45) is 5.86. The van der Waals surface area contributed by atoms with E-state index in [4.69, 9.17) is 0 Å². The number of nitrogens with zero attached hydrogens (tertiary/aromatic N) is 5. The van der Waals surface area contributed by atoms with Gasteiger partial charge in [-0.25, -0.2) is 9.79 Å². The second kappa shape index (κ2) is 6.83. The zero-order chi connectivity index (χ0) is 19.0. The lowest BCUT2D eigenvalue weighted by Gasteiger charge is -2.13. The highest BCUT2D eigenvalue weighted by Gasteiger charge is 2.21. The summed E-state index contributed by atoms with van der Waals surface area (Å²) >= 11 is 0. The summed E-state index contributed by atoms with van der Waals surface area (Å²) in [4.78, 5) is 29.6. The maximum absolute atomic E-state index is 11.3. The Morgan fingerprint density at radius 1 is 1.44 bits per heavy atom. The molecular formula is C16H20N8O3. The van der Waals surface area contributed by atoms with Crippen LogP contribution in [0.2, 0.25) is 0 Å². The molecule has 27 heavy (non-hydrogen) atoms. The van der Waals surface area contributed by atoms with Gasteiger partial charge < -0.3 is 20.5 Å². The minimum atomic E-state index is -0.509. The van der Waals surface area contributed by atoms with Gasteiger partial charge in [0.25, 0.3) is 5.62 Å². The lowest BCUT2D eigenvalue weighted by Crippen LogP contribution is -2.29. The Morgan fingerprint density at radius 2 is 2.26 bits per heavy atom. The highest BCUT2D eigenvalue weighted by Crippen LogP contribution is 2.22. The first kappa shape index (κ1) is 17.2. The molecule has 11 nitrogen and oxygen atoms in total. The molecule has 5 N–H and O–H groups in total. The summed E-state index contributed by atoms with van der Waals surface area (Å²) < 4.78 is 1.52. The Hall–Kier alpha value is -3.21.